The van der Waals surface area contributed by atoms with Crippen LogP contribution in [-0.2, 0) is 9.59 Å². The van der Waals surface area contributed by atoms with E-state index < -0.39 is 16.7 Å². The molecule has 0 atom stereocenters. The van der Waals surface area contributed by atoms with Crippen LogP contribution >= 0.6 is 23.4 Å². The zero-order valence-electron chi connectivity index (χ0n) is 15.8. The molecule has 1 N–H and O–H groups in total. The minimum absolute atomic E-state index is 0.101. The second-order valence-corrected chi connectivity index (χ2v) is 8.07. The van der Waals surface area contributed by atoms with E-state index in [-0.39, 0.29) is 11.3 Å². The summed E-state index contributed by atoms with van der Waals surface area (Å²) in [7, 11) is 0. The van der Waals surface area contributed by atoms with E-state index in [0.717, 1.165) is 9.90 Å². The Balaban J connectivity index is 1.64. The molecular weight excluding hydrogens is 438 g/mol. The summed E-state index contributed by atoms with van der Waals surface area (Å²) in [5.41, 5.74) is 3.17. The minimum Gasteiger partial charge on any atom is -0.267 e. The Morgan fingerprint density at radius 3 is 2.39 bits per heavy atom. The summed E-state index contributed by atoms with van der Waals surface area (Å²) in [6.07, 6.45) is 1.35. The highest BCUT2D eigenvalue weighted by Crippen LogP contribution is 2.36. The maximum absolute atomic E-state index is 12.7. The SMILES string of the molecule is O=C1NN(c2ccccc2)C(=O)/C1=C/c1ccc(Sc2ccc(Cl)cc2)c([N+](=O)[O-])c1. The summed E-state index contributed by atoms with van der Waals surface area (Å²) < 4.78 is 0. The molecule has 1 aliphatic rings. The van der Waals surface area contributed by atoms with Gasteiger partial charge in [0.25, 0.3) is 17.5 Å². The fourth-order valence-corrected chi connectivity index (χ4v) is 3.99. The number of hydrogen-bond donors (Lipinski definition) is 1. The van der Waals surface area contributed by atoms with Crippen molar-refractivity contribution in [3.8, 4) is 0 Å². The molecule has 4 rings (SSSR count). The molecule has 0 bridgehead atoms. The van der Waals surface area contributed by atoms with Gasteiger partial charge in [-0.25, -0.2) is 5.01 Å². The van der Waals surface area contributed by atoms with Crippen LogP contribution in [0, 0.1) is 10.1 Å². The van der Waals surface area contributed by atoms with Crippen molar-refractivity contribution in [3.05, 3.63) is 99.1 Å². The van der Waals surface area contributed by atoms with Gasteiger partial charge in [0, 0.05) is 16.0 Å². The van der Waals surface area contributed by atoms with Gasteiger partial charge in [-0.3, -0.25) is 25.1 Å². The number of nitrogens with one attached hydrogen (secondary N) is 1. The molecule has 0 spiro atoms. The molecular formula is C22H14ClN3O4S. The number of nitro benzene ring substituents is 1. The fraction of sp³-hybridized carbons (Fsp3) is 0. The average molecular weight is 452 g/mol. The van der Waals surface area contributed by atoms with Crippen LogP contribution in [0.2, 0.25) is 5.02 Å². The monoisotopic (exact) mass is 451 g/mol. The van der Waals surface area contributed by atoms with Gasteiger partial charge in [0.2, 0.25) is 0 Å². The molecule has 9 heteroatoms. The number of hydrazine groups is 1. The van der Waals surface area contributed by atoms with E-state index in [1.165, 1.54) is 23.9 Å². The van der Waals surface area contributed by atoms with Crippen molar-refractivity contribution in [2.24, 2.45) is 0 Å². The number of carbonyl (C=O) groups is 2. The molecule has 1 heterocycles. The summed E-state index contributed by atoms with van der Waals surface area (Å²) in [6, 6.07) is 20.2. The Labute approximate surface area is 186 Å². The Morgan fingerprint density at radius 2 is 1.71 bits per heavy atom. The Hall–Kier alpha value is -3.62. The second kappa shape index (κ2) is 8.63. The van der Waals surface area contributed by atoms with Crippen LogP contribution in [0.25, 0.3) is 6.08 Å². The second-order valence-electron chi connectivity index (χ2n) is 6.52. The molecule has 0 radical (unpaired) electrons. The van der Waals surface area contributed by atoms with Crippen LogP contribution in [0.15, 0.2) is 88.2 Å². The van der Waals surface area contributed by atoms with Gasteiger partial charge >= 0.3 is 0 Å². The number of amides is 2. The first-order valence-electron chi connectivity index (χ1n) is 9.06. The smallest absolute Gasteiger partial charge is 0.267 e. The number of halogens is 1. The zero-order valence-corrected chi connectivity index (χ0v) is 17.4. The normalized spacial score (nSPS) is 14.7. The molecule has 2 amide bonds. The molecule has 0 aliphatic carbocycles. The highest BCUT2D eigenvalue weighted by molar-refractivity contribution is 7.99. The maximum Gasteiger partial charge on any atom is 0.283 e. The van der Waals surface area contributed by atoms with Crippen molar-refractivity contribution in [3.63, 3.8) is 0 Å². The van der Waals surface area contributed by atoms with Crippen molar-refractivity contribution >= 4 is 52.6 Å². The quantitative estimate of drug-likeness (QED) is 0.259. The standard InChI is InChI=1S/C22H14ClN3O4S/c23-15-7-9-17(10-8-15)31-20-11-6-14(13-19(20)26(29)30)12-18-21(27)24-25(22(18)28)16-4-2-1-3-5-16/h1-13H,(H,24,27)/b18-12+. The molecule has 154 valence electrons. The van der Waals surface area contributed by atoms with Gasteiger partial charge in [0.1, 0.15) is 5.57 Å². The number of nitrogens with zero attached hydrogens (tertiary/aromatic N) is 2. The predicted molar refractivity (Wildman–Crippen MR) is 119 cm³/mol. The molecule has 7 nitrogen and oxygen atoms in total. The highest BCUT2D eigenvalue weighted by Gasteiger charge is 2.34. The van der Waals surface area contributed by atoms with E-state index in [1.807, 2.05) is 0 Å². The lowest BCUT2D eigenvalue weighted by molar-refractivity contribution is -0.387. The molecule has 0 unspecified atom stereocenters. The minimum atomic E-state index is -0.573. The summed E-state index contributed by atoms with van der Waals surface area (Å²) in [6.45, 7) is 0. The van der Waals surface area contributed by atoms with E-state index >= 15 is 0 Å². The third-order valence-corrected chi connectivity index (χ3v) is 5.76. The third-order valence-electron chi connectivity index (χ3n) is 4.44. The summed E-state index contributed by atoms with van der Waals surface area (Å²) in [5.74, 6) is -1.10. The van der Waals surface area contributed by atoms with Crippen LogP contribution in [0.3, 0.4) is 0 Å². The summed E-state index contributed by atoms with van der Waals surface area (Å²) in [4.78, 5) is 37.4. The van der Waals surface area contributed by atoms with Crippen molar-refractivity contribution in [2.45, 2.75) is 9.79 Å². The van der Waals surface area contributed by atoms with Gasteiger partial charge in [-0.1, -0.05) is 47.6 Å². The van der Waals surface area contributed by atoms with Crippen molar-refractivity contribution in [1.82, 2.24) is 5.43 Å². The lowest BCUT2D eigenvalue weighted by Gasteiger charge is -2.13. The fourth-order valence-electron chi connectivity index (χ4n) is 2.97. The summed E-state index contributed by atoms with van der Waals surface area (Å²) in [5, 5.41) is 13.3. The molecule has 1 saturated heterocycles. The Bertz CT molecular complexity index is 1210. The molecule has 1 fully saturated rings. The van der Waals surface area contributed by atoms with Crippen LogP contribution in [0.5, 0.6) is 0 Å². The predicted octanol–water partition coefficient (Wildman–Crippen LogP) is 4.86. The molecule has 3 aromatic carbocycles. The molecule has 1 aliphatic heterocycles. The lowest BCUT2D eigenvalue weighted by Crippen LogP contribution is -2.35. The topological polar surface area (TPSA) is 92.6 Å². The largest absolute Gasteiger partial charge is 0.283 e. The van der Waals surface area contributed by atoms with Crippen LogP contribution in [0.1, 0.15) is 5.56 Å². The lowest BCUT2D eigenvalue weighted by atomic mass is 10.1. The number of anilines is 1. The third kappa shape index (κ3) is 4.45. The van der Waals surface area contributed by atoms with E-state index in [0.29, 0.717) is 21.2 Å². The van der Waals surface area contributed by atoms with E-state index in [1.54, 1.807) is 66.7 Å². The number of hydrogen-bond acceptors (Lipinski definition) is 5. The van der Waals surface area contributed by atoms with Crippen LogP contribution < -0.4 is 10.4 Å². The van der Waals surface area contributed by atoms with E-state index in [2.05, 4.69) is 5.43 Å². The zero-order chi connectivity index (χ0) is 22.0. The van der Waals surface area contributed by atoms with Gasteiger partial charge in [-0.2, -0.15) is 0 Å². The van der Waals surface area contributed by atoms with E-state index in [9.17, 15) is 19.7 Å². The first-order valence-corrected chi connectivity index (χ1v) is 10.3. The molecule has 0 aromatic heterocycles. The van der Waals surface area contributed by atoms with Gasteiger partial charge < -0.3 is 0 Å². The van der Waals surface area contributed by atoms with Crippen molar-refractivity contribution in [2.75, 3.05) is 5.01 Å². The Kier molecular flexibility index (Phi) is 5.75. The number of carbonyl (C=O) groups excluding carboxylic acids is 2. The van der Waals surface area contributed by atoms with Crippen LogP contribution in [0.4, 0.5) is 11.4 Å². The Morgan fingerprint density at radius 1 is 1.00 bits per heavy atom. The number of benzene rings is 3. The van der Waals surface area contributed by atoms with Gasteiger partial charge in [0.05, 0.1) is 15.5 Å². The number of nitro groups is 1. The molecule has 31 heavy (non-hydrogen) atoms. The van der Waals surface area contributed by atoms with E-state index in [4.69, 9.17) is 11.6 Å². The molecule has 0 saturated carbocycles. The van der Waals surface area contributed by atoms with Crippen molar-refractivity contribution < 1.29 is 14.5 Å². The number of para-hydroxylation sites is 1. The highest BCUT2D eigenvalue weighted by atomic mass is 35.5. The maximum atomic E-state index is 12.7. The van der Waals surface area contributed by atoms with Crippen molar-refractivity contribution in [1.29, 1.82) is 0 Å². The van der Waals surface area contributed by atoms with Crippen LogP contribution in [-0.4, -0.2) is 16.7 Å². The van der Waals surface area contributed by atoms with Gasteiger partial charge in [0.15, 0.2) is 0 Å². The average Bonchev–Trinajstić information content (AvgIpc) is 3.05. The van der Waals surface area contributed by atoms with Gasteiger partial charge in [-0.05, 0) is 54.1 Å². The molecule has 3 aromatic rings. The number of rotatable bonds is 5. The first-order chi connectivity index (χ1) is 14.9. The first kappa shape index (κ1) is 20.6. The van der Waals surface area contributed by atoms with Gasteiger partial charge in [-0.15, -0.1) is 0 Å². The summed E-state index contributed by atoms with van der Waals surface area (Å²) >= 11 is 7.11.